The minimum Gasteiger partial charge on any atom is -0.468 e. The van der Waals surface area contributed by atoms with E-state index in [1.54, 1.807) is 6.26 Å². The van der Waals surface area contributed by atoms with Crippen molar-refractivity contribution >= 4 is 35.8 Å². The second-order valence-corrected chi connectivity index (χ2v) is 7.72. The predicted molar refractivity (Wildman–Crippen MR) is 127 cm³/mol. The van der Waals surface area contributed by atoms with Gasteiger partial charge >= 0.3 is 0 Å². The SMILES string of the molecule is CCNC(=NCC(c1ccco1)N1CCCC1)NCCC(=O)NC1CCCC1.I. The van der Waals surface area contributed by atoms with Crippen LogP contribution in [0.5, 0.6) is 0 Å². The highest BCUT2D eigenvalue weighted by molar-refractivity contribution is 14.0. The lowest BCUT2D eigenvalue weighted by Crippen LogP contribution is -2.41. The first kappa shape index (κ1) is 24.0. The number of amides is 1. The normalized spacial score (nSPS) is 19.0. The van der Waals surface area contributed by atoms with Crippen LogP contribution in [-0.2, 0) is 4.79 Å². The Morgan fingerprint density at radius 1 is 1.24 bits per heavy atom. The Morgan fingerprint density at radius 3 is 2.66 bits per heavy atom. The van der Waals surface area contributed by atoms with Crippen LogP contribution in [0.15, 0.2) is 27.8 Å². The number of aliphatic imine (C=N–C) groups is 1. The van der Waals surface area contributed by atoms with Crippen molar-refractivity contribution in [2.45, 2.75) is 64.0 Å². The van der Waals surface area contributed by atoms with E-state index in [2.05, 4.69) is 27.8 Å². The molecule has 1 amide bonds. The van der Waals surface area contributed by atoms with E-state index < -0.39 is 0 Å². The monoisotopic (exact) mass is 517 g/mol. The lowest BCUT2D eigenvalue weighted by Gasteiger charge is -2.24. The average molecular weight is 517 g/mol. The van der Waals surface area contributed by atoms with Gasteiger partial charge in [0.1, 0.15) is 5.76 Å². The summed E-state index contributed by atoms with van der Waals surface area (Å²) in [4.78, 5) is 19.3. The molecular weight excluding hydrogens is 481 g/mol. The van der Waals surface area contributed by atoms with Gasteiger partial charge in [-0.1, -0.05) is 12.8 Å². The first-order valence-electron chi connectivity index (χ1n) is 10.8. The topological polar surface area (TPSA) is 81.9 Å². The number of guanidine groups is 1. The number of hydrogen-bond acceptors (Lipinski definition) is 4. The third kappa shape index (κ3) is 7.81. The minimum absolute atomic E-state index is 0. The third-order valence-electron chi connectivity index (χ3n) is 5.58. The molecule has 0 bridgehead atoms. The zero-order valence-corrected chi connectivity index (χ0v) is 19.8. The van der Waals surface area contributed by atoms with Crippen LogP contribution in [0.3, 0.4) is 0 Å². The number of carbonyl (C=O) groups is 1. The standard InChI is InChI=1S/C21H35N5O2.HI/c1-2-22-21(23-12-11-20(27)25-17-8-3-4-9-17)24-16-18(19-10-7-15-28-19)26-13-5-6-14-26;/h7,10,15,17-18H,2-6,8-9,11-14,16H2,1H3,(H,25,27)(H2,22,23,24);1H. The summed E-state index contributed by atoms with van der Waals surface area (Å²) in [5, 5.41) is 9.71. The van der Waals surface area contributed by atoms with Crippen molar-refractivity contribution in [3.05, 3.63) is 24.2 Å². The maximum absolute atomic E-state index is 12.1. The van der Waals surface area contributed by atoms with E-state index in [4.69, 9.17) is 9.41 Å². The molecule has 1 aliphatic heterocycles. The maximum Gasteiger partial charge on any atom is 0.221 e. The Bertz CT molecular complexity index is 611. The Labute approximate surface area is 191 Å². The van der Waals surface area contributed by atoms with Gasteiger partial charge in [-0.15, -0.1) is 24.0 Å². The van der Waals surface area contributed by atoms with Crippen LogP contribution in [0.4, 0.5) is 0 Å². The summed E-state index contributed by atoms with van der Waals surface area (Å²) in [6.45, 7) is 6.23. The quantitative estimate of drug-likeness (QED) is 0.267. The molecule has 1 saturated heterocycles. The van der Waals surface area contributed by atoms with Gasteiger partial charge < -0.3 is 20.4 Å². The van der Waals surface area contributed by atoms with E-state index in [1.807, 2.05) is 12.1 Å². The second kappa shape index (κ2) is 13.1. The van der Waals surface area contributed by atoms with Crippen LogP contribution >= 0.6 is 24.0 Å². The molecular formula is C21H36IN5O2. The predicted octanol–water partition coefficient (Wildman–Crippen LogP) is 3.04. The first-order chi connectivity index (χ1) is 13.8. The summed E-state index contributed by atoms with van der Waals surface area (Å²) in [6.07, 6.45) is 9.36. The van der Waals surface area contributed by atoms with E-state index in [1.165, 1.54) is 25.7 Å². The smallest absolute Gasteiger partial charge is 0.221 e. The number of rotatable bonds is 9. The fourth-order valence-electron chi connectivity index (χ4n) is 4.10. The summed E-state index contributed by atoms with van der Waals surface area (Å²) in [5.41, 5.74) is 0. The average Bonchev–Trinajstić information content (AvgIpc) is 3.46. The molecule has 1 unspecified atom stereocenters. The fraction of sp³-hybridized carbons (Fsp3) is 0.714. The van der Waals surface area contributed by atoms with Gasteiger partial charge in [0.05, 0.1) is 18.8 Å². The summed E-state index contributed by atoms with van der Waals surface area (Å²) in [6, 6.07) is 4.52. The largest absolute Gasteiger partial charge is 0.468 e. The lowest BCUT2D eigenvalue weighted by molar-refractivity contribution is -0.121. The van der Waals surface area contributed by atoms with Crippen LogP contribution in [0.2, 0.25) is 0 Å². The molecule has 1 aromatic rings. The molecule has 1 atom stereocenters. The van der Waals surface area contributed by atoms with Crippen molar-refractivity contribution < 1.29 is 9.21 Å². The van der Waals surface area contributed by atoms with Crippen molar-refractivity contribution in [3.63, 3.8) is 0 Å². The number of carbonyl (C=O) groups excluding carboxylic acids is 1. The Hall–Kier alpha value is -1.29. The van der Waals surface area contributed by atoms with E-state index in [0.717, 1.165) is 44.2 Å². The van der Waals surface area contributed by atoms with Crippen LogP contribution in [-0.4, -0.2) is 55.5 Å². The molecule has 0 spiro atoms. The minimum atomic E-state index is 0. The number of nitrogens with one attached hydrogen (secondary N) is 3. The van der Waals surface area contributed by atoms with E-state index in [0.29, 0.717) is 25.6 Å². The van der Waals surface area contributed by atoms with Gasteiger partial charge in [-0.3, -0.25) is 14.7 Å². The van der Waals surface area contributed by atoms with Gasteiger partial charge in [0.15, 0.2) is 5.96 Å². The van der Waals surface area contributed by atoms with E-state index in [-0.39, 0.29) is 35.9 Å². The third-order valence-corrected chi connectivity index (χ3v) is 5.58. The molecule has 3 N–H and O–H groups in total. The van der Waals surface area contributed by atoms with Crippen LogP contribution in [0.1, 0.15) is 63.7 Å². The van der Waals surface area contributed by atoms with Gasteiger partial charge in [0.2, 0.25) is 5.91 Å². The summed E-state index contributed by atoms with van der Waals surface area (Å²) in [5.74, 6) is 1.85. The number of furan rings is 1. The molecule has 1 saturated carbocycles. The molecule has 1 aliphatic carbocycles. The van der Waals surface area contributed by atoms with Crippen molar-refractivity contribution in [3.8, 4) is 0 Å². The fourth-order valence-corrected chi connectivity index (χ4v) is 4.10. The number of nitrogens with zero attached hydrogens (tertiary/aromatic N) is 2. The molecule has 8 heteroatoms. The molecule has 2 fully saturated rings. The van der Waals surface area contributed by atoms with Gasteiger partial charge in [-0.05, 0) is 57.8 Å². The summed E-state index contributed by atoms with van der Waals surface area (Å²) < 4.78 is 5.67. The highest BCUT2D eigenvalue weighted by Gasteiger charge is 2.25. The molecule has 0 radical (unpaired) electrons. The molecule has 29 heavy (non-hydrogen) atoms. The van der Waals surface area contributed by atoms with Crippen LogP contribution in [0, 0.1) is 0 Å². The Morgan fingerprint density at radius 2 is 2.00 bits per heavy atom. The van der Waals surface area contributed by atoms with Crippen LogP contribution in [0.25, 0.3) is 0 Å². The lowest BCUT2D eigenvalue weighted by atomic mass is 10.2. The molecule has 1 aromatic heterocycles. The Balaban J connectivity index is 0.00000300. The van der Waals surface area contributed by atoms with Gasteiger partial charge in [0, 0.05) is 25.6 Å². The zero-order valence-electron chi connectivity index (χ0n) is 17.5. The summed E-state index contributed by atoms with van der Waals surface area (Å²) >= 11 is 0. The number of halogens is 1. The van der Waals surface area contributed by atoms with Crippen molar-refractivity contribution in [1.82, 2.24) is 20.9 Å². The van der Waals surface area contributed by atoms with Crippen molar-refractivity contribution in [2.75, 3.05) is 32.7 Å². The number of hydrogen-bond donors (Lipinski definition) is 3. The van der Waals surface area contributed by atoms with E-state index in [9.17, 15) is 4.79 Å². The second-order valence-electron chi connectivity index (χ2n) is 7.72. The molecule has 7 nitrogen and oxygen atoms in total. The number of likely N-dealkylation sites (tertiary alicyclic amines) is 1. The molecule has 0 aromatic carbocycles. The van der Waals surface area contributed by atoms with Crippen LogP contribution < -0.4 is 16.0 Å². The van der Waals surface area contributed by atoms with Gasteiger partial charge in [-0.2, -0.15) is 0 Å². The Kier molecular flexibility index (Phi) is 10.8. The molecule has 3 rings (SSSR count). The highest BCUT2D eigenvalue weighted by Crippen LogP contribution is 2.25. The van der Waals surface area contributed by atoms with E-state index >= 15 is 0 Å². The summed E-state index contributed by atoms with van der Waals surface area (Å²) in [7, 11) is 0. The molecule has 2 aliphatic rings. The molecule has 2 heterocycles. The maximum atomic E-state index is 12.1. The van der Waals surface area contributed by atoms with Crippen molar-refractivity contribution in [1.29, 1.82) is 0 Å². The van der Waals surface area contributed by atoms with Gasteiger partial charge in [0.25, 0.3) is 0 Å². The highest BCUT2D eigenvalue weighted by atomic mass is 127. The zero-order chi connectivity index (χ0) is 19.6. The van der Waals surface area contributed by atoms with Crippen molar-refractivity contribution in [2.24, 2.45) is 4.99 Å². The first-order valence-corrected chi connectivity index (χ1v) is 10.8. The van der Waals surface area contributed by atoms with Gasteiger partial charge in [-0.25, -0.2) is 0 Å². The molecule has 164 valence electrons.